The molecular formula is C12H18N2. The predicted molar refractivity (Wildman–Crippen MR) is 60.2 cm³/mol. The smallest absolute Gasteiger partial charge is 0.0422 e. The van der Waals surface area contributed by atoms with Crippen LogP contribution in [0.2, 0.25) is 0 Å². The van der Waals surface area contributed by atoms with E-state index in [9.17, 15) is 0 Å². The fourth-order valence-corrected chi connectivity index (χ4v) is 1.39. The Balaban J connectivity index is 2.62. The van der Waals surface area contributed by atoms with Crippen LogP contribution in [-0.2, 0) is 6.42 Å². The van der Waals surface area contributed by atoms with Crippen LogP contribution in [0.5, 0.6) is 0 Å². The topological polar surface area (TPSA) is 24.9 Å². The van der Waals surface area contributed by atoms with E-state index in [1.54, 1.807) is 0 Å². The van der Waals surface area contributed by atoms with Crippen molar-refractivity contribution in [3.05, 3.63) is 41.7 Å². The van der Waals surface area contributed by atoms with E-state index in [-0.39, 0.29) is 0 Å². The lowest BCUT2D eigenvalue weighted by Gasteiger charge is -2.11. The first-order valence-corrected chi connectivity index (χ1v) is 4.94. The maximum absolute atomic E-state index is 4.30. The molecule has 2 nitrogen and oxygen atoms in total. The van der Waals surface area contributed by atoms with E-state index in [1.807, 2.05) is 25.4 Å². The molecule has 0 bridgehead atoms. The lowest BCUT2D eigenvalue weighted by Crippen LogP contribution is -2.25. The molecule has 0 fully saturated rings. The lowest BCUT2D eigenvalue weighted by molar-refractivity contribution is 0.651. The van der Waals surface area contributed by atoms with E-state index in [0.29, 0.717) is 6.04 Å². The van der Waals surface area contributed by atoms with Crippen molar-refractivity contribution in [2.75, 3.05) is 7.05 Å². The van der Waals surface area contributed by atoms with Gasteiger partial charge in [0.25, 0.3) is 0 Å². The molecule has 1 aromatic rings. The van der Waals surface area contributed by atoms with E-state index < -0.39 is 0 Å². The maximum atomic E-state index is 4.30. The fourth-order valence-electron chi connectivity index (χ4n) is 1.39. The summed E-state index contributed by atoms with van der Waals surface area (Å²) in [6, 6.07) is 6.41. The Labute approximate surface area is 86.1 Å². The third-order valence-corrected chi connectivity index (χ3v) is 2.06. The second kappa shape index (κ2) is 5.55. The summed E-state index contributed by atoms with van der Waals surface area (Å²) in [6.07, 6.45) is 5.02. The predicted octanol–water partition coefficient (Wildman–Crippen LogP) is 2.18. The largest absolute Gasteiger partial charge is 0.313 e. The van der Waals surface area contributed by atoms with Crippen LogP contribution >= 0.6 is 0 Å². The quantitative estimate of drug-likeness (QED) is 0.736. The number of allylic oxidation sites excluding steroid dienone is 1. The second-order valence-corrected chi connectivity index (χ2v) is 3.66. The van der Waals surface area contributed by atoms with E-state index in [1.165, 1.54) is 5.57 Å². The van der Waals surface area contributed by atoms with Crippen molar-refractivity contribution < 1.29 is 0 Å². The monoisotopic (exact) mass is 190 g/mol. The van der Waals surface area contributed by atoms with Gasteiger partial charge in [0.1, 0.15) is 0 Å². The summed E-state index contributed by atoms with van der Waals surface area (Å²) < 4.78 is 0. The molecule has 0 spiro atoms. The summed E-state index contributed by atoms with van der Waals surface area (Å²) >= 11 is 0. The minimum Gasteiger partial charge on any atom is -0.313 e. The van der Waals surface area contributed by atoms with Crippen molar-refractivity contribution in [2.45, 2.75) is 26.3 Å². The third-order valence-electron chi connectivity index (χ3n) is 2.06. The number of pyridine rings is 1. The van der Waals surface area contributed by atoms with Crippen LogP contribution in [0, 0.1) is 0 Å². The standard InChI is InChI=1S/C12H18N2/c1-10(2)8-12(13-3)9-11-6-4-5-7-14-11/h4-8,12-13H,9H2,1-3H3. The van der Waals surface area contributed by atoms with Gasteiger partial charge in [-0.2, -0.15) is 0 Å². The average molecular weight is 190 g/mol. The van der Waals surface area contributed by atoms with Crippen molar-refractivity contribution >= 4 is 0 Å². The van der Waals surface area contributed by atoms with Gasteiger partial charge in [-0.3, -0.25) is 4.98 Å². The van der Waals surface area contributed by atoms with Crippen molar-refractivity contribution in [3.63, 3.8) is 0 Å². The van der Waals surface area contributed by atoms with Gasteiger partial charge in [-0.1, -0.05) is 17.7 Å². The minimum absolute atomic E-state index is 0.384. The Bertz CT molecular complexity index is 286. The maximum Gasteiger partial charge on any atom is 0.0422 e. The zero-order valence-corrected chi connectivity index (χ0v) is 9.12. The fraction of sp³-hybridized carbons (Fsp3) is 0.417. The molecule has 1 N–H and O–H groups in total. The number of hydrogen-bond acceptors (Lipinski definition) is 2. The average Bonchev–Trinajstić information content (AvgIpc) is 2.17. The van der Waals surface area contributed by atoms with Crippen LogP contribution in [0.25, 0.3) is 0 Å². The molecule has 0 saturated heterocycles. The molecule has 0 radical (unpaired) electrons. The number of likely N-dealkylation sites (N-methyl/N-ethyl adjacent to an activating group) is 1. The summed E-state index contributed by atoms with van der Waals surface area (Å²) in [5, 5.41) is 3.27. The molecule has 14 heavy (non-hydrogen) atoms. The highest BCUT2D eigenvalue weighted by Crippen LogP contribution is 2.02. The van der Waals surface area contributed by atoms with E-state index >= 15 is 0 Å². The van der Waals surface area contributed by atoms with E-state index in [0.717, 1.165) is 12.1 Å². The van der Waals surface area contributed by atoms with Gasteiger partial charge in [-0.25, -0.2) is 0 Å². The molecule has 0 saturated carbocycles. The summed E-state index contributed by atoms with van der Waals surface area (Å²) in [5.41, 5.74) is 2.46. The van der Waals surface area contributed by atoms with Crippen LogP contribution in [0.15, 0.2) is 36.0 Å². The van der Waals surface area contributed by atoms with Crippen molar-refractivity contribution in [2.24, 2.45) is 0 Å². The molecule has 0 aliphatic rings. The molecule has 76 valence electrons. The molecule has 0 aliphatic carbocycles. The first kappa shape index (κ1) is 10.9. The molecule has 1 heterocycles. The van der Waals surface area contributed by atoms with Crippen LogP contribution in [0.1, 0.15) is 19.5 Å². The SMILES string of the molecule is CNC(C=C(C)C)Cc1ccccn1. The summed E-state index contributed by atoms with van der Waals surface area (Å²) in [7, 11) is 1.98. The number of rotatable bonds is 4. The van der Waals surface area contributed by atoms with Crippen molar-refractivity contribution in [1.29, 1.82) is 0 Å². The second-order valence-electron chi connectivity index (χ2n) is 3.66. The molecular weight excluding hydrogens is 172 g/mol. The van der Waals surface area contributed by atoms with Gasteiger partial charge in [0, 0.05) is 24.4 Å². The highest BCUT2D eigenvalue weighted by Gasteiger charge is 2.03. The zero-order valence-electron chi connectivity index (χ0n) is 9.12. The van der Waals surface area contributed by atoms with Gasteiger partial charge in [-0.05, 0) is 33.0 Å². The van der Waals surface area contributed by atoms with Crippen molar-refractivity contribution in [3.8, 4) is 0 Å². The Morgan fingerprint density at radius 1 is 1.50 bits per heavy atom. The summed E-state index contributed by atoms with van der Waals surface area (Å²) in [6.45, 7) is 4.23. The zero-order chi connectivity index (χ0) is 10.4. The Morgan fingerprint density at radius 3 is 2.79 bits per heavy atom. The number of nitrogens with zero attached hydrogens (tertiary/aromatic N) is 1. The Hall–Kier alpha value is -1.15. The first-order chi connectivity index (χ1) is 6.72. The number of aromatic nitrogens is 1. The molecule has 1 rings (SSSR count). The minimum atomic E-state index is 0.384. The number of nitrogens with one attached hydrogen (secondary N) is 1. The van der Waals surface area contributed by atoms with E-state index in [2.05, 4.69) is 36.3 Å². The lowest BCUT2D eigenvalue weighted by atomic mass is 10.1. The first-order valence-electron chi connectivity index (χ1n) is 4.94. The van der Waals surface area contributed by atoms with Crippen LogP contribution in [-0.4, -0.2) is 18.1 Å². The summed E-state index contributed by atoms with van der Waals surface area (Å²) in [5.74, 6) is 0. The van der Waals surface area contributed by atoms with Crippen molar-refractivity contribution in [1.82, 2.24) is 10.3 Å². The Morgan fingerprint density at radius 2 is 2.29 bits per heavy atom. The molecule has 2 heteroatoms. The third kappa shape index (κ3) is 3.71. The highest BCUT2D eigenvalue weighted by molar-refractivity contribution is 5.10. The molecule has 0 aliphatic heterocycles. The molecule has 1 unspecified atom stereocenters. The van der Waals surface area contributed by atoms with Gasteiger partial charge in [0.15, 0.2) is 0 Å². The van der Waals surface area contributed by atoms with Crippen LogP contribution < -0.4 is 5.32 Å². The van der Waals surface area contributed by atoms with Crippen LogP contribution in [0.4, 0.5) is 0 Å². The van der Waals surface area contributed by atoms with Gasteiger partial charge in [0.2, 0.25) is 0 Å². The Kier molecular flexibility index (Phi) is 4.33. The van der Waals surface area contributed by atoms with Gasteiger partial charge < -0.3 is 5.32 Å². The highest BCUT2D eigenvalue weighted by atomic mass is 14.9. The number of hydrogen-bond donors (Lipinski definition) is 1. The van der Waals surface area contributed by atoms with Gasteiger partial charge in [0.05, 0.1) is 0 Å². The van der Waals surface area contributed by atoms with Crippen LogP contribution in [0.3, 0.4) is 0 Å². The normalized spacial score (nSPS) is 12.2. The van der Waals surface area contributed by atoms with Gasteiger partial charge in [-0.15, -0.1) is 0 Å². The molecule has 0 aromatic carbocycles. The molecule has 1 atom stereocenters. The molecule has 1 aromatic heterocycles. The van der Waals surface area contributed by atoms with Gasteiger partial charge >= 0.3 is 0 Å². The summed E-state index contributed by atoms with van der Waals surface area (Å²) in [4.78, 5) is 4.30. The van der Waals surface area contributed by atoms with E-state index in [4.69, 9.17) is 0 Å². The molecule has 0 amide bonds.